The Morgan fingerprint density at radius 2 is 1.55 bits per heavy atom. The highest BCUT2D eigenvalue weighted by atomic mass is 16.6. The van der Waals surface area contributed by atoms with Crippen molar-refractivity contribution in [1.82, 2.24) is 5.32 Å². The first kappa shape index (κ1) is 45.2. The minimum absolute atomic E-state index is 0.0108. The number of amides is 1. The maximum absolute atomic E-state index is 15.4. The summed E-state index contributed by atoms with van der Waals surface area (Å²) in [5, 5.41) is 40.0. The fourth-order valence-corrected chi connectivity index (χ4v) is 10.3. The minimum atomic E-state index is -2.37. The molecule has 4 aliphatic carbocycles. The summed E-state index contributed by atoms with van der Waals surface area (Å²) in [5.74, 6) is -6.51. The van der Waals surface area contributed by atoms with Gasteiger partial charge in [-0.15, -0.1) is 0 Å². The van der Waals surface area contributed by atoms with Crippen molar-refractivity contribution < 1.29 is 72.5 Å². The molecule has 1 aromatic rings. The van der Waals surface area contributed by atoms with Crippen molar-refractivity contribution in [2.45, 2.75) is 155 Å². The number of hydrogen-bond acceptors (Lipinski definition) is 15. The van der Waals surface area contributed by atoms with E-state index in [1.54, 1.807) is 52.8 Å². The SMILES string of the molecule is CC(=O)O[C@H]1C(=O)[C@@]2(C)C(C(OC(=O)c3ccccc3)[C@]3(O)C[C@H](OC(=O)[C@H](O)[C@@H](NC(=O)OC(C)(C)C)[C@@H]4CC4(C)C)C(C)=C1C3(C)C)[C@]1(OC(C)=O)CO[C@@H]1C[C@@H]2O. The van der Waals surface area contributed by atoms with Gasteiger partial charge in [-0.1, -0.05) is 45.9 Å². The number of ketones is 1. The van der Waals surface area contributed by atoms with Gasteiger partial charge in [0.2, 0.25) is 0 Å². The second-order valence-corrected chi connectivity index (χ2v) is 19.6. The molecule has 330 valence electrons. The highest BCUT2D eigenvalue weighted by molar-refractivity contribution is 5.95. The van der Waals surface area contributed by atoms with E-state index in [0.29, 0.717) is 6.42 Å². The molecule has 5 aliphatic rings. The van der Waals surface area contributed by atoms with E-state index in [2.05, 4.69) is 5.32 Å². The van der Waals surface area contributed by atoms with Gasteiger partial charge in [-0.05, 0) is 75.7 Å². The molecule has 3 saturated carbocycles. The van der Waals surface area contributed by atoms with Gasteiger partial charge >= 0.3 is 30.0 Å². The molecule has 2 bridgehead atoms. The molecule has 0 spiro atoms. The number of alkyl carbamates (subject to hydrolysis) is 1. The minimum Gasteiger partial charge on any atom is -0.456 e. The predicted molar refractivity (Wildman–Crippen MR) is 210 cm³/mol. The van der Waals surface area contributed by atoms with Crippen LogP contribution in [0.15, 0.2) is 41.5 Å². The normalized spacial score (nSPS) is 36.0. The number of benzene rings is 1. The monoisotopic (exact) mass is 841 g/mol. The zero-order valence-electron chi connectivity index (χ0n) is 36.2. The number of fused-ring (bicyclic) bond motifs is 5. The molecule has 6 rings (SSSR count). The maximum Gasteiger partial charge on any atom is 0.407 e. The van der Waals surface area contributed by atoms with Crippen molar-refractivity contribution >= 4 is 35.8 Å². The van der Waals surface area contributed by atoms with E-state index in [0.717, 1.165) is 13.8 Å². The number of Topliss-reactive ketones (excluding diaryl/α,β-unsaturated/α-hetero) is 1. The van der Waals surface area contributed by atoms with E-state index in [1.165, 1.54) is 26.0 Å². The average Bonchev–Trinajstić information content (AvgIpc) is 3.77. The van der Waals surface area contributed by atoms with Crippen LogP contribution < -0.4 is 5.32 Å². The Morgan fingerprint density at radius 1 is 0.933 bits per heavy atom. The molecule has 12 atom stereocenters. The first-order valence-corrected chi connectivity index (χ1v) is 20.4. The molecule has 16 nitrogen and oxygen atoms in total. The largest absolute Gasteiger partial charge is 0.456 e. The molecule has 4 N–H and O–H groups in total. The number of nitrogens with one attached hydrogen (secondary N) is 1. The van der Waals surface area contributed by atoms with Gasteiger partial charge in [-0.3, -0.25) is 14.4 Å². The summed E-state index contributed by atoms with van der Waals surface area (Å²) in [5.41, 5.74) is -8.79. The van der Waals surface area contributed by atoms with Crippen LogP contribution >= 0.6 is 0 Å². The predicted octanol–water partition coefficient (Wildman–Crippen LogP) is 3.50. The quantitative estimate of drug-likeness (QED) is 0.158. The number of aliphatic hydroxyl groups is 3. The average molecular weight is 842 g/mol. The summed E-state index contributed by atoms with van der Waals surface area (Å²) in [6.07, 6.45) is -10.6. The van der Waals surface area contributed by atoms with Gasteiger partial charge in [0.05, 0.1) is 35.6 Å². The molecular weight excluding hydrogens is 782 g/mol. The van der Waals surface area contributed by atoms with E-state index in [9.17, 15) is 39.3 Å². The molecule has 4 fully saturated rings. The Balaban J connectivity index is 1.53. The Hall–Kier alpha value is -4.38. The summed E-state index contributed by atoms with van der Waals surface area (Å²) in [6.45, 7) is 16.8. The third-order valence-electron chi connectivity index (χ3n) is 13.7. The van der Waals surface area contributed by atoms with Crippen molar-refractivity contribution in [2.24, 2.45) is 28.1 Å². The van der Waals surface area contributed by atoms with Gasteiger partial charge in [-0.25, -0.2) is 14.4 Å². The van der Waals surface area contributed by atoms with E-state index >= 15 is 4.79 Å². The van der Waals surface area contributed by atoms with E-state index in [-0.39, 0.29) is 41.1 Å². The zero-order valence-corrected chi connectivity index (χ0v) is 36.2. The third kappa shape index (κ3) is 7.51. The topological polar surface area (TPSA) is 231 Å². The number of carbonyl (C=O) groups is 6. The lowest BCUT2D eigenvalue weighted by molar-refractivity contribution is -0.346. The summed E-state index contributed by atoms with van der Waals surface area (Å²) in [4.78, 5) is 82.7. The van der Waals surface area contributed by atoms with Gasteiger partial charge < -0.3 is 49.1 Å². The van der Waals surface area contributed by atoms with Crippen LogP contribution in [0, 0.1) is 28.1 Å². The maximum atomic E-state index is 15.4. The number of aliphatic hydroxyl groups excluding tert-OH is 2. The molecule has 2 unspecified atom stereocenters. The molecule has 0 radical (unpaired) electrons. The Labute approximate surface area is 349 Å². The second-order valence-electron chi connectivity index (χ2n) is 19.6. The smallest absolute Gasteiger partial charge is 0.407 e. The molecular formula is C44H59NO15. The Bertz CT molecular complexity index is 1970. The van der Waals surface area contributed by atoms with Crippen LogP contribution in [0.2, 0.25) is 0 Å². The Morgan fingerprint density at radius 3 is 2.07 bits per heavy atom. The molecule has 1 heterocycles. The number of hydrogen-bond donors (Lipinski definition) is 4. The lowest BCUT2D eigenvalue weighted by Crippen LogP contribution is -2.82. The van der Waals surface area contributed by atoms with Crippen LogP contribution in [-0.2, 0) is 47.6 Å². The molecule has 0 aromatic heterocycles. The van der Waals surface area contributed by atoms with Gasteiger partial charge in [0.15, 0.2) is 23.6 Å². The number of esters is 4. The van der Waals surface area contributed by atoms with Crippen molar-refractivity contribution in [2.75, 3.05) is 6.61 Å². The van der Waals surface area contributed by atoms with Gasteiger partial charge in [0.1, 0.15) is 29.5 Å². The number of rotatable bonds is 9. The number of ether oxygens (including phenoxy) is 6. The van der Waals surface area contributed by atoms with Crippen LogP contribution in [0.3, 0.4) is 0 Å². The van der Waals surface area contributed by atoms with Gasteiger partial charge in [0.25, 0.3) is 0 Å². The van der Waals surface area contributed by atoms with E-state index in [1.807, 2.05) is 13.8 Å². The van der Waals surface area contributed by atoms with Crippen molar-refractivity contribution in [3.05, 3.63) is 47.0 Å². The van der Waals surface area contributed by atoms with Crippen LogP contribution in [0.4, 0.5) is 4.79 Å². The lowest BCUT2D eigenvalue weighted by Gasteiger charge is -2.67. The molecule has 1 aliphatic heterocycles. The molecule has 60 heavy (non-hydrogen) atoms. The van der Waals surface area contributed by atoms with Crippen molar-refractivity contribution in [1.29, 1.82) is 0 Å². The summed E-state index contributed by atoms with van der Waals surface area (Å²) in [7, 11) is 0. The first-order valence-electron chi connectivity index (χ1n) is 20.4. The third-order valence-corrected chi connectivity index (χ3v) is 13.7. The molecule has 16 heteroatoms. The van der Waals surface area contributed by atoms with Crippen LogP contribution in [0.1, 0.15) is 106 Å². The summed E-state index contributed by atoms with van der Waals surface area (Å²) in [6, 6.07) is 6.71. The van der Waals surface area contributed by atoms with Crippen molar-refractivity contribution in [3.8, 4) is 0 Å². The van der Waals surface area contributed by atoms with Crippen LogP contribution in [0.5, 0.6) is 0 Å². The lowest BCUT2D eigenvalue weighted by atomic mass is 9.44. The van der Waals surface area contributed by atoms with E-state index < -0.39 is 118 Å². The second kappa shape index (κ2) is 15.2. The number of carbonyl (C=O) groups excluding carboxylic acids is 6. The van der Waals surface area contributed by atoms with Gasteiger partial charge in [-0.2, -0.15) is 0 Å². The summed E-state index contributed by atoms with van der Waals surface area (Å²) < 4.78 is 35.6. The fraction of sp³-hybridized carbons (Fsp3) is 0.682. The summed E-state index contributed by atoms with van der Waals surface area (Å²) >= 11 is 0. The first-order chi connectivity index (χ1) is 27.6. The van der Waals surface area contributed by atoms with E-state index in [4.69, 9.17) is 28.4 Å². The molecule has 1 saturated heterocycles. The molecule has 1 aromatic carbocycles. The highest BCUT2D eigenvalue weighted by Crippen LogP contribution is 2.64. The highest BCUT2D eigenvalue weighted by Gasteiger charge is 2.78. The van der Waals surface area contributed by atoms with Crippen LogP contribution in [-0.4, -0.2) is 117 Å². The standard InChI is InChI=1S/C44H59NO15/c1-21-26(57-37(52)31(49)30(25-18-40(25,7)8)45-38(53)60-39(4,5)6)19-44(54)35(58-36(51)24-15-13-12-14-16-24)33-42(11,27(48)17-28-43(33,20-55-28)59-23(3)47)34(50)32(56-22(2)46)29(21)41(44,9)10/h12-16,25-28,30-33,35,48-49,54H,17-20H2,1-11H3,(H,45,53)/t25-,26-,27-,28+,30-,31+,32+,33?,35?,42+,43-,44+/m0/s1. The van der Waals surface area contributed by atoms with Crippen molar-refractivity contribution in [3.63, 3.8) is 0 Å². The zero-order chi connectivity index (χ0) is 44.7. The molecule has 1 amide bonds. The fourth-order valence-electron chi connectivity index (χ4n) is 10.3. The van der Waals surface area contributed by atoms with Gasteiger partial charge in [0, 0.05) is 32.1 Å². The van der Waals surface area contributed by atoms with Crippen LogP contribution in [0.25, 0.3) is 0 Å². The Kier molecular flexibility index (Phi) is 11.4.